The summed E-state index contributed by atoms with van der Waals surface area (Å²) in [4.78, 5) is 25.9. The number of hydrogen-bond acceptors (Lipinski definition) is 5. The van der Waals surface area contributed by atoms with Crippen LogP contribution in [0.4, 0.5) is 9.18 Å². The fourth-order valence-corrected chi connectivity index (χ4v) is 3.99. The predicted octanol–water partition coefficient (Wildman–Crippen LogP) is 5.19. The van der Waals surface area contributed by atoms with Gasteiger partial charge in [-0.25, -0.2) is 4.39 Å². The van der Waals surface area contributed by atoms with Crippen LogP contribution in [0.5, 0.6) is 11.5 Å². The molecule has 1 N–H and O–H groups in total. The second-order valence-electron chi connectivity index (χ2n) is 5.51. The fraction of sp³-hybridized carbons (Fsp3) is 0.111. The molecule has 1 aliphatic heterocycles. The molecule has 0 unspecified atom stereocenters. The highest BCUT2D eigenvalue weighted by atomic mass is 79.9. The SMILES string of the molecule is COc1cc(Br)cc(/C=C2\SC(=O)N(Cc3c(F)cccc3Cl)C2=O)c1O. The van der Waals surface area contributed by atoms with Gasteiger partial charge in [0.2, 0.25) is 0 Å². The van der Waals surface area contributed by atoms with Gasteiger partial charge in [-0.2, -0.15) is 0 Å². The smallest absolute Gasteiger partial charge is 0.293 e. The van der Waals surface area contributed by atoms with Gasteiger partial charge < -0.3 is 9.84 Å². The molecule has 0 aromatic heterocycles. The minimum absolute atomic E-state index is 0.0645. The summed E-state index contributed by atoms with van der Waals surface area (Å²) >= 11 is 9.97. The van der Waals surface area contributed by atoms with Crippen LogP contribution < -0.4 is 4.74 Å². The molecule has 0 bridgehead atoms. The van der Waals surface area contributed by atoms with Gasteiger partial charge in [-0.15, -0.1) is 0 Å². The van der Waals surface area contributed by atoms with Crippen LogP contribution in [0.15, 0.2) is 39.7 Å². The molecular weight excluding hydrogens is 461 g/mol. The van der Waals surface area contributed by atoms with Gasteiger partial charge in [0.25, 0.3) is 11.1 Å². The molecule has 0 saturated carbocycles. The van der Waals surface area contributed by atoms with Crippen LogP contribution in [0.3, 0.4) is 0 Å². The zero-order valence-electron chi connectivity index (χ0n) is 13.8. The normalized spacial score (nSPS) is 15.7. The van der Waals surface area contributed by atoms with Gasteiger partial charge in [0.05, 0.1) is 18.6 Å². The van der Waals surface area contributed by atoms with Crippen molar-refractivity contribution in [3.8, 4) is 11.5 Å². The first-order valence-corrected chi connectivity index (χ1v) is 9.55. The van der Waals surface area contributed by atoms with Gasteiger partial charge in [0.15, 0.2) is 11.5 Å². The summed E-state index contributed by atoms with van der Waals surface area (Å²) in [6.45, 7) is -0.276. The van der Waals surface area contributed by atoms with Crippen LogP contribution >= 0.6 is 39.3 Å². The van der Waals surface area contributed by atoms with Crippen molar-refractivity contribution in [3.05, 3.63) is 61.7 Å². The van der Waals surface area contributed by atoms with E-state index in [0.29, 0.717) is 21.8 Å². The molecule has 27 heavy (non-hydrogen) atoms. The molecule has 1 fully saturated rings. The Morgan fingerprint density at radius 1 is 1.37 bits per heavy atom. The van der Waals surface area contributed by atoms with Gasteiger partial charge in [0, 0.05) is 20.6 Å². The number of imide groups is 1. The Labute approximate surface area is 171 Å². The highest BCUT2D eigenvalue weighted by Gasteiger charge is 2.36. The topological polar surface area (TPSA) is 66.8 Å². The van der Waals surface area contributed by atoms with Crippen molar-refractivity contribution in [3.63, 3.8) is 0 Å². The van der Waals surface area contributed by atoms with E-state index in [1.807, 2.05) is 0 Å². The molecule has 0 atom stereocenters. The van der Waals surface area contributed by atoms with Crippen molar-refractivity contribution in [2.45, 2.75) is 6.54 Å². The van der Waals surface area contributed by atoms with E-state index in [2.05, 4.69) is 15.9 Å². The Morgan fingerprint density at radius 3 is 2.78 bits per heavy atom. The standard InChI is InChI=1S/C18H12BrClFNO4S/c1-26-14-7-10(19)5-9(16(14)23)6-15-17(24)22(18(25)27-15)8-11-12(20)3-2-4-13(11)21/h2-7,23H,8H2,1H3/b15-6-. The average Bonchev–Trinajstić information content (AvgIpc) is 2.88. The van der Waals surface area contributed by atoms with Crippen LogP contribution in [0, 0.1) is 5.82 Å². The molecule has 9 heteroatoms. The Balaban J connectivity index is 1.93. The molecule has 1 saturated heterocycles. The molecule has 2 amide bonds. The van der Waals surface area contributed by atoms with Gasteiger partial charge in [0.1, 0.15) is 5.82 Å². The van der Waals surface area contributed by atoms with E-state index in [1.165, 1.54) is 31.4 Å². The number of carbonyl (C=O) groups is 2. The lowest BCUT2D eigenvalue weighted by atomic mass is 10.1. The Bertz CT molecular complexity index is 962. The number of hydrogen-bond donors (Lipinski definition) is 1. The van der Waals surface area contributed by atoms with E-state index in [-0.39, 0.29) is 33.5 Å². The number of carbonyl (C=O) groups excluding carboxylic acids is 2. The fourth-order valence-electron chi connectivity index (χ4n) is 2.48. The van der Waals surface area contributed by atoms with Crippen LogP contribution in [0.25, 0.3) is 6.08 Å². The first kappa shape index (κ1) is 19.7. The number of aromatic hydroxyl groups is 1. The summed E-state index contributed by atoms with van der Waals surface area (Å²) in [6.07, 6.45) is 1.39. The van der Waals surface area contributed by atoms with Gasteiger partial charge in [-0.3, -0.25) is 14.5 Å². The number of amides is 2. The van der Waals surface area contributed by atoms with Gasteiger partial charge >= 0.3 is 0 Å². The quantitative estimate of drug-likeness (QED) is 0.620. The molecule has 2 aromatic carbocycles. The number of halogens is 3. The molecule has 1 heterocycles. The first-order chi connectivity index (χ1) is 12.8. The van der Waals surface area contributed by atoms with E-state index < -0.39 is 17.0 Å². The zero-order chi connectivity index (χ0) is 19.7. The lowest BCUT2D eigenvalue weighted by Crippen LogP contribution is -2.28. The maximum absolute atomic E-state index is 14.0. The number of nitrogens with zero attached hydrogens (tertiary/aromatic N) is 1. The summed E-state index contributed by atoms with van der Waals surface area (Å²) in [5.74, 6) is -1.14. The maximum atomic E-state index is 14.0. The average molecular weight is 473 g/mol. The monoisotopic (exact) mass is 471 g/mol. The summed E-state index contributed by atoms with van der Waals surface area (Å²) in [6, 6.07) is 7.29. The molecule has 1 aliphatic rings. The van der Waals surface area contributed by atoms with Crippen molar-refractivity contribution in [2.75, 3.05) is 7.11 Å². The Morgan fingerprint density at radius 2 is 2.11 bits per heavy atom. The lowest BCUT2D eigenvalue weighted by Gasteiger charge is -2.14. The van der Waals surface area contributed by atoms with E-state index in [0.717, 1.165) is 4.90 Å². The number of rotatable bonds is 4. The van der Waals surface area contributed by atoms with Crippen molar-refractivity contribution in [1.29, 1.82) is 0 Å². The van der Waals surface area contributed by atoms with Crippen molar-refractivity contribution >= 4 is 56.5 Å². The zero-order valence-corrected chi connectivity index (χ0v) is 17.0. The molecule has 0 aliphatic carbocycles. The number of methoxy groups -OCH3 is 1. The maximum Gasteiger partial charge on any atom is 0.293 e. The van der Waals surface area contributed by atoms with Crippen LogP contribution in [-0.4, -0.2) is 28.3 Å². The molecule has 140 valence electrons. The Hall–Kier alpha value is -2.03. The first-order valence-electron chi connectivity index (χ1n) is 7.56. The molecule has 3 rings (SSSR count). The van der Waals surface area contributed by atoms with E-state index in [9.17, 15) is 19.1 Å². The second kappa shape index (κ2) is 7.92. The highest BCUT2D eigenvalue weighted by Crippen LogP contribution is 2.39. The van der Waals surface area contributed by atoms with E-state index >= 15 is 0 Å². The third-order valence-corrected chi connectivity index (χ3v) is 5.55. The molecule has 0 spiro atoms. The van der Waals surface area contributed by atoms with Crippen LogP contribution in [0.2, 0.25) is 5.02 Å². The highest BCUT2D eigenvalue weighted by molar-refractivity contribution is 9.10. The third kappa shape index (κ3) is 3.97. The largest absolute Gasteiger partial charge is 0.504 e. The third-order valence-electron chi connectivity index (χ3n) is 3.83. The number of phenolic OH excluding ortho intramolecular Hbond substituents is 1. The molecule has 2 aromatic rings. The van der Waals surface area contributed by atoms with Crippen molar-refractivity contribution in [2.24, 2.45) is 0 Å². The van der Waals surface area contributed by atoms with Gasteiger partial charge in [-0.05, 0) is 42.1 Å². The van der Waals surface area contributed by atoms with E-state index in [4.69, 9.17) is 16.3 Å². The number of phenols is 1. The number of thioether (sulfide) groups is 1. The molecule has 0 radical (unpaired) electrons. The molecular formula is C18H12BrClFNO4S. The summed E-state index contributed by atoms with van der Waals surface area (Å²) in [7, 11) is 1.40. The molecule has 5 nitrogen and oxygen atoms in total. The Kier molecular flexibility index (Phi) is 5.78. The predicted molar refractivity (Wildman–Crippen MR) is 105 cm³/mol. The van der Waals surface area contributed by atoms with Crippen molar-refractivity contribution < 1.29 is 23.8 Å². The second-order valence-corrected chi connectivity index (χ2v) is 7.83. The van der Waals surface area contributed by atoms with Gasteiger partial charge in [-0.1, -0.05) is 33.6 Å². The minimum atomic E-state index is -0.597. The van der Waals surface area contributed by atoms with Crippen molar-refractivity contribution in [1.82, 2.24) is 4.90 Å². The minimum Gasteiger partial charge on any atom is -0.504 e. The lowest BCUT2D eigenvalue weighted by molar-refractivity contribution is -0.123. The summed E-state index contributed by atoms with van der Waals surface area (Å²) < 4.78 is 19.7. The van der Waals surface area contributed by atoms with Crippen LogP contribution in [0.1, 0.15) is 11.1 Å². The summed E-state index contributed by atoms with van der Waals surface area (Å²) in [5.41, 5.74) is 0.366. The summed E-state index contributed by atoms with van der Waals surface area (Å²) in [5, 5.41) is 9.81. The number of benzene rings is 2. The van der Waals surface area contributed by atoms with E-state index in [1.54, 1.807) is 12.1 Å². The van der Waals surface area contributed by atoms with Crippen LogP contribution in [-0.2, 0) is 11.3 Å². The number of ether oxygens (including phenoxy) is 1.